The van der Waals surface area contributed by atoms with E-state index in [9.17, 15) is 4.79 Å². The highest BCUT2D eigenvalue weighted by molar-refractivity contribution is 6.00. The highest BCUT2D eigenvalue weighted by Crippen LogP contribution is 2.21. The van der Waals surface area contributed by atoms with Gasteiger partial charge in [0.25, 0.3) is 0 Å². The fraction of sp³-hybridized carbons (Fsp3) is 0.300. The lowest BCUT2D eigenvalue weighted by Gasteiger charge is -2.38. The maximum absolute atomic E-state index is 12.4. The summed E-state index contributed by atoms with van der Waals surface area (Å²) in [5, 5.41) is 0. The molecule has 0 bridgehead atoms. The molecule has 0 spiro atoms. The number of carbonyl (C=O) groups excluding carboxylic acids is 1. The second-order valence-electron chi connectivity index (χ2n) is 6.36. The molecule has 2 aromatic rings. The Bertz CT molecular complexity index is 761. The minimum absolute atomic E-state index is 0.239. The van der Waals surface area contributed by atoms with Crippen LogP contribution >= 0.6 is 0 Å². The zero-order valence-corrected chi connectivity index (χ0v) is 14.0. The summed E-state index contributed by atoms with van der Waals surface area (Å²) >= 11 is 0. The molecular weight excluding hydrogens is 314 g/mol. The highest BCUT2D eigenvalue weighted by Gasteiger charge is 2.35. The maximum Gasteiger partial charge on any atom is 0.410 e. The number of carbonyl (C=O) groups is 1. The van der Waals surface area contributed by atoms with Gasteiger partial charge in [0.1, 0.15) is 12.4 Å². The van der Waals surface area contributed by atoms with E-state index in [4.69, 9.17) is 9.73 Å². The Balaban J connectivity index is 1.34. The van der Waals surface area contributed by atoms with Crippen LogP contribution in [-0.4, -0.2) is 53.9 Å². The van der Waals surface area contributed by atoms with E-state index < -0.39 is 0 Å². The molecule has 25 heavy (non-hydrogen) atoms. The Hall–Kier alpha value is -2.82. The molecule has 4 rings (SSSR count). The number of aliphatic imine (C=N–C) groups is 1. The Morgan fingerprint density at radius 1 is 1.04 bits per heavy atom. The summed E-state index contributed by atoms with van der Waals surface area (Å²) in [5.74, 6) is 1.04. The fourth-order valence-corrected chi connectivity index (χ4v) is 3.39. The Kier molecular flexibility index (Phi) is 4.37. The molecule has 0 aliphatic carbocycles. The Morgan fingerprint density at radius 3 is 2.52 bits per heavy atom. The van der Waals surface area contributed by atoms with Gasteiger partial charge in [0.15, 0.2) is 0 Å². The summed E-state index contributed by atoms with van der Waals surface area (Å²) in [5.41, 5.74) is 2.15. The molecule has 0 saturated carbocycles. The van der Waals surface area contributed by atoms with Gasteiger partial charge in [-0.15, -0.1) is 0 Å². The first kappa shape index (κ1) is 15.7. The van der Waals surface area contributed by atoms with Crippen molar-refractivity contribution >= 4 is 11.9 Å². The number of nitrogens with zero attached hydrogens (tertiary/aromatic N) is 3. The van der Waals surface area contributed by atoms with Crippen LogP contribution in [-0.2, 0) is 11.3 Å². The molecule has 0 aromatic heterocycles. The van der Waals surface area contributed by atoms with Crippen molar-refractivity contribution in [1.29, 1.82) is 0 Å². The Morgan fingerprint density at radius 2 is 1.76 bits per heavy atom. The van der Waals surface area contributed by atoms with Crippen molar-refractivity contribution < 1.29 is 9.53 Å². The normalized spacial score (nSPS) is 19.4. The first-order chi connectivity index (χ1) is 12.3. The maximum atomic E-state index is 12.4. The molecule has 0 radical (unpaired) electrons. The first-order valence-electron chi connectivity index (χ1n) is 8.63. The van der Waals surface area contributed by atoms with Crippen LogP contribution in [0.15, 0.2) is 65.7 Å². The minimum atomic E-state index is -0.239. The number of benzene rings is 2. The van der Waals surface area contributed by atoms with E-state index in [2.05, 4.69) is 17.0 Å². The molecule has 1 fully saturated rings. The highest BCUT2D eigenvalue weighted by atomic mass is 16.6. The largest absolute Gasteiger partial charge is 0.445 e. The van der Waals surface area contributed by atoms with E-state index in [0.29, 0.717) is 19.7 Å². The van der Waals surface area contributed by atoms with Gasteiger partial charge in [-0.1, -0.05) is 60.7 Å². The van der Waals surface area contributed by atoms with Gasteiger partial charge in [-0.05, 0) is 5.56 Å². The number of amides is 1. The summed E-state index contributed by atoms with van der Waals surface area (Å²) < 4.78 is 5.46. The van der Waals surface area contributed by atoms with Crippen LogP contribution in [0.5, 0.6) is 0 Å². The lowest BCUT2D eigenvalue weighted by atomic mass is 10.1. The predicted octanol–water partition coefficient (Wildman–Crippen LogP) is 2.77. The van der Waals surface area contributed by atoms with E-state index in [1.54, 1.807) is 4.90 Å². The summed E-state index contributed by atoms with van der Waals surface area (Å²) in [4.78, 5) is 21.2. The Labute approximate surface area is 147 Å². The second-order valence-corrected chi connectivity index (χ2v) is 6.36. The molecule has 2 aromatic carbocycles. The predicted molar refractivity (Wildman–Crippen MR) is 96.5 cm³/mol. The van der Waals surface area contributed by atoms with Crippen molar-refractivity contribution in [1.82, 2.24) is 9.80 Å². The third-order valence-corrected chi connectivity index (χ3v) is 4.70. The number of piperazine rings is 1. The van der Waals surface area contributed by atoms with Crippen LogP contribution in [0.2, 0.25) is 0 Å². The van der Waals surface area contributed by atoms with E-state index in [1.165, 1.54) is 0 Å². The molecule has 0 N–H and O–H groups in total. The van der Waals surface area contributed by atoms with Crippen LogP contribution in [0.25, 0.3) is 0 Å². The third kappa shape index (κ3) is 3.36. The van der Waals surface area contributed by atoms with Crippen LogP contribution in [0.3, 0.4) is 0 Å². The average molecular weight is 335 g/mol. The molecule has 2 aliphatic heterocycles. The molecule has 1 saturated heterocycles. The number of amidine groups is 1. The molecule has 128 valence electrons. The van der Waals surface area contributed by atoms with E-state index in [-0.39, 0.29) is 12.1 Å². The van der Waals surface area contributed by atoms with Crippen molar-refractivity contribution in [3.63, 3.8) is 0 Å². The molecular formula is C20H21N3O2. The van der Waals surface area contributed by atoms with Crippen molar-refractivity contribution in [2.75, 3.05) is 26.2 Å². The number of ether oxygens (including phenoxy) is 1. The number of fused-ring (bicyclic) bond motifs is 1. The zero-order chi connectivity index (χ0) is 17.1. The van der Waals surface area contributed by atoms with Crippen molar-refractivity contribution in [3.05, 3.63) is 71.8 Å². The average Bonchev–Trinajstić information content (AvgIpc) is 3.11. The summed E-state index contributed by atoms with van der Waals surface area (Å²) in [6, 6.07) is 20.3. The molecule has 1 atom stereocenters. The SMILES string of the molecule is O=C(OCc1ccccc1)N1CCN2C(c3ccccc3)=NCC2C1. The zero-order valence-electron chi connectivity index (χ0n) is 14.0. The summed E-state index contributed by atoms with van der Waals surface area (Å²) in [6.45, 7) is 3.16. The van der Waals surface area contributed by atoms with Gasteiger partial charge >= 0.3 is 6.09 Å². The van der Waals surface area contributed by atoms with E-state index in [1.807, 2.05) is 48.5 Å². The smallest absolute Gasteiger partial charge is 0.410 e. The molecule has 1 unspecified atom stereocenters. The van der Waals surface area contributed by atoms with Gasteiger partial charge in [0.2, 0.25) is 0 Å². The van der Waals surface area contributed by atoms with Gasteiger partial charge in [0.05, 0.1) is 12.6 Å². The van der Waals surface area contributed by atoms with Gasteiger partial charge in [-0.3, -0.25) is 4.99 Å². The van der Waals surface area contributed by atoms with Crippen LogP contribution in [0.4, 0.5) is 4.79 Å². The molecule has 2 aliphatic rings. The minimum Gasteiger partial charge on any atom is -0.445 e. The third-order valence-electron chi connectivity index (χ3n) is 4.70. The summed E-state index contributed by atoms with van der Waals surface area (Å²) in [6.07, 6.45) is -0.239. The van der Waals surface area contributed by atoms with Gasteiger partial charge < -0.3 is 14.5 Å². The number of hydrogen-bond acceptors (Lipinski definition) is 4. The van der Waals surface area contributed by atoms with Crippen LogP contribution in [0.1, 0.15) is 11.1 Å². The van der Waals surface area contributed by atoms with Crippen LogP contribution in [0, 0.1) is 0 Å². The molecule has 1 amide bonds. The monoisotopic (exact) mass is 335 g/mol. The fourth-order valence-electron chi connectivity index (χ4n) is 3.39. The lowest BCUT2D eigenvalue weighted by Crippen LogP contribution is -2.55. The topological polar surface area (TPSA) is 45.1 Å². The van der Waals surface area contributed by atoms with E-state index >= 15 is 0 Å². The van der Waals surface area contributed by atoms with Crippen molar-refractivity contribution in [2.45, 2.75) is 12.6 Å². The van der Waals surface area contributed by atoms with Crippen LogP contribution < -0.4 is 0 Å². The number of rotatable bonds is 3. The van der Waals surface area contributed by atoms with Gasteiger partial charge in [-0.2, -0.15) is 0 Å². The van der Waals surface area contributed by atoms with Gasteiger partial charge in [-0.25, -0.2) is 4.79 Å². The molecule has 2 heterocycles. The molecule has 5 nitrogen and oxygen atoms in total. The van der Waals surface area contributed by atoms with Gasteiger partial charge in [0, 0.05) is 25.2 Å². The van der Waals surface area contributed by atoms with E-state index in [0.717, 1.165) is 30.1 Å². The molecule has 5 heteroatoms. The first-order valence-corrected chi connectivity index (χ1v) is 8.63. The number of hydrogen-bond donors (Lipinski definition) is 0. The quantitative estimate of drug-likeness (QED) is 0.866. The standard InChI is InChI=1S/C20H21N3O2/c24-20(25-15-16-7-3-1-4-8-16)22-11-12-23-18(14-22)13-21-19(23)17-9-5-2-6-10-17/h1-10,18H,11-15H2. The lowest BCUT2D eigenvalue weighted by molar-refractivity contribution is 0.0721. The van der Waals surface area contributed by atoms with Crippen molar-refractivity contribution in [2.24, 2.45) is 4.99 Å². The van der Waals surface area contributed by atoms with Crippen molar-refractivity contribution in [3.8, 4) is 0 Å². The second kappa shape index (κ2) is 6.97. The summed E-state index contributed by atoms with van der Waals surface area (Å²) in [7, 11) is 0.